The molecule has 3 heteroatoms. The number of hydrogen-bond acceptors (Lipinski definition) is 3. The zero-order valence-electron chi connectivity index (χ0n) is 11.3. The minimum Gasteiger partial charge on any atom is -0.441 e. The second-order valence-corrected chi connectivity index (χ2v) is 4.83. The molecule has 100 valence electrons. The maximum atomic E-state index is 11.3. The Balaban J connectivity index is 1.80. The van der Waals surface area contributed by atoms with Crippen LogP contribution in [0.1, 0.15) is 28.7 Å². The van der Waals surface area contributed by atoms with E-state index in [0.717, 1.165) is 23.9 Å². The Hall–Kier alpha value is -2.42. The first-order valence-corrected chi connectivity index (χ1v) is 6.67. The van der Waals surface area contributed by atoms with E-state index in [9.17, 15) is 4.79 Å². The molecule has 3 aromatic rings. The van der Waals surface area contributed by atoms with Crippen LogP contribution in [-0.4, -0.2) is 10.8 Å². The number of benzene rings is 2. The Morgan fingerprint density at radius 3 is 2.65 bits per heavy atom. The Bertz CT molecular complexity index is 744. The fraction of sp³-hybridized carbons (Fsp3) is 0.176. The average molecular weight is 265 g/mol. The number of carbonyl (C=O) groups excluding carboxylic acids is 1. The molecule has 0 saturated carbocycles. The van der Waals surface area contributed by atoms with Crippen molar-refractivity contribution in [2.24, 2.45) is 0 Å². The van der Waals surface area contributed by atoms with Crippen LogP contribution >= 0.6 is 0 Å². The molecule has 0 aliphatic rings. The van der Waals surface area contributed by atoms with Crippen molar-refractivity contribution < 1.29 is 9.21 Å². The number of ketones is 1. The predicted octanol–water partition coefficient (Wildman–Crippen LogP) is 3.82. The van der Waals surface area contributed by atoms with Gasteiger partial charge in [0, 0.05) is 12.0 Å². The molecule has 0 N–H and O–H groups in total. The van der Waals surface area contributed by atoms with Gasteiger partial charge < -0.3 is 4.42 Å². The standard InChI is InChI=1S/C17H15NO2/c1-12(19)14-8-9-16-15(11-14)18-17(20-16)10-7-13-5-3-2-4-6-13/h2-6,8-9,11H,7,10H2,1H3. The minimum absolute atomic E-state index is 0.0423. The highest BCUT2D eigenvalue weighted by molar-refractivity contribution is 5.96. The molecular weight excluding hydrogens is 250 g/mol. The minimum atomic E-state index is 0.0423. The van der Waals surface area contributed by atoms with E-state index in [4.69, 9.17) is 4.42 Å². The number of hydrogen-bond donors (Lipinski definition) is 0. The van der Waals surface area contributed by atoms with Gasteiger partial charge in [0.1, 0.15) is 5.52 Å². The molecule has 0 aliphatic carbocycles. The van der Waals surface area contributed by atoms with Crippen molar-refractivity contribution >= 4 is 16.9 Å². The summed E-state index contributed by atoms with van der Waals surface area (Å²) in [5.41, 5.74) is 3.42. The van der Waals surface area contributed by atoms with E-state index in [-0.39, 0.29) is 5.78 Å². The first kappa shape index (κ1) is 12.6. The van der Waals surface area contributed by atoms with Crippen LogP contribution in [0.15, 0.2) is 52.9 Å². The Morgan fingerprint density at radius 1 is 1.10 bits per heavy atom. The normalized spacial score (nSPS) is 10.8. The molecule has 3 nitrogen and oxygen atoms in total. The Morgan fingerprint density at radius 2 is 1.90 bits per heavy atom. The number of aromatic nitrogens is 1. The highest BCUT2D eigenvalue weighted by Gasteiger charge is 2.08. The molecule has 3 rings (SSSR count). The third-order valence-electron chi connectivity index (χ3n) is 3.31. The zero-order valence-corrected chi connectivity index (χ0v) is 11.3. The second kappa shape index (κ2) is 5.29. The number of fused-ring (bicyclic) bond motifs is 1. The van der Waals surface area contributed by atoms with Gasteiger partial charge in [-0.3, -0.25) is 4.79 Å². The van der Waals surface area contributed by atoms with Gasteiger partial charge >= 0.3 is 0 Å². The van der Waals surface area contributed by atoms with Crippen molar-refractivity contribution in [3.05, 3.63) is 65.5 Å². The molecule has 0 radical (unpaired) electrons. The summed E-state index contributed by atoms with van der Waals surface area (Å²) < 4.78 is 5.70. The Labute approximate surface area is 117 Å². The van der Waals surface area contributed by atoms with Gasteiger partial charge in [-0.25, -0.2) is 4.98 Å². The van der Waals surface area contributed by atoms with Gasteiger partial charge in [-0.15, -0.1) is 0 Å². The van der Waals surface area contributed by atoms with Gasteiger partial charge in [-0.1, -0.05) is 30.3 Å². The Kier molecular flexibility index (Phi) is 3.33. The van der Waals surface area contributed by atoms with E-state index in [1.54, 1.807) is 19.1 Å². The lowest BCUT2D eigenvalue weighted by atomic mass is 10.1. The van der Waals surface area contributed by atoms with Crippen LogP contribution in [0.5, 0.6) is 0 Å². The molecule has 0 amide bonds. The molecule has 0 unspecified atom stereocenters. The number of aryl methyl sites for hydroxylation is 2. The molecule has 20 heavy (non-hydrogen) atoms. The highest BCUT2D eigenvalue weighted by atomic mass is 16.3. The number of nitrogens with zero attached hydrogens (tertiary/aromatic N) is 1. The van der Waals surface area contributed by atoms with E-state index >= 15 is 0 Å². The van der Waals surface area contributed by atoms with Crippen molar-refractivity contribution in [1.82, 2.24) is 4.98 Å². The molecule has 0 atom stereocenters. The summed E-state index contributed by atoms with van der Waals surface area (Å²) in [6.45, 7) is 1.55. The van der Waals surface area contributed by atoms with Crippen LogP contribution in [0.3, 0.4) is 0 Å². The summed E-state index contributed by atoms with van der Waals surface area (Å²) in [5, 5.41) is 0. The highest BCUT2D eigenvalue weighted by Crippen LogP contribution is 2.18. The lowest BCUT2D eigenvalue weighted by molar-refractivity contribution is 0.101. The van der Waals surface area contributed by atoms with E-state index < -0.39 is 0 Å². The fourth-order valence-corrected chi connectivity index (χ4v) is 2.20. The van der Waals surface area contributed by atoms with Crippen molar-refractivity contribution in [2.45, 2.75) is 19.8 Å². The topological polar surface area (TPSA) is 43.1 Å². The van der Waals surface area contributed by atoms with Crippen LogP contribution in [0.2, 0.25) is 0 Å². The lowest BCUT2D eigenvalue weighted by Crippen LogP contribution is -1.91. The molecule has 0 saturated heterocycles. The molecular formula is C17H15NO2. The quantitative estimate of drug-likeness (QED) is 0.673. The maximum absolute atomic E-state index is 11.3. The number of Topliss-reactive ketones (excluding diaryl/α,β-unsaturated/α-hetero) is 1. The first-order chi connectivity index (χ1) is 9.72. The second-order valence-electron chi connectivity index (χ2n) is 4.83. The van der Waals surface area contributed by atoms with Gasteiger partial charge in [0.05, 0.1) is 0 Å². The number of rotatable bonds is 4. The van der Waals surface area contributed by atoms with E-state index in [2.05, 4.69) is 17.1 Å². The molecule has 1 heterocycles. The summed E-state index contributed by atoms with van der Waals surface area (Å²) >= 11 is 0. The molecule has 0 fully saturated rings. The fourth-order valence-electron chi connectivity index (χ4n) is 2.20. The van der Waals surface area contributed by atoms with Gasteiger partial charge in [-0.05, 0) is 37.1 Å². The summed E-state index contributed by atoms with van der Waals surface area (Å²) in [6.07, 6.45) is 1.65. The SMILES string of the molecule is CC(=O)c1ccc2oc(CCc3ccccc3)nc2c1. The third-order valence-corrected chi connectivity index (χ3v) is 3.31. The third kappa shape index (κ3) is 2.62. The van der Waals surface area contributed by atoms with Gasteiger partial charge in [-0.2, -0.15) is 0 Å². The van der Waals surface area contributed by atoms with Crippen molar-refractivity contribution in [3.63, 3.8) is 0 Å². The van der Waals surface area contributed by atoms with Gasteiger partial charge in [0.15, 0.2) is 17.3 Å². The van der Waals surface area contributed by atoms with Crippen LogP contribution in [0.25, 0.3) is 11.1 Å². The van der Waals surface area contributed by atoms with E-state index in [1.165, 1.54) is 5.56 Å². The monoisotopic (exact) mass is 265 g/mol. The van der Waals surface area contributed by atoms with Crippen LogP contribution < -0.4 is 0 Å². The summed E-state index contributed by atoms with van der Waals surface area (Å²) in [7, 11) is 0. The molecule has 0 bridgehead atoms. The van der Waals surface area contributed by atoms with Gasteiger partial charge in [0.25, 0.3) is 0 Å². The lowest BCUT2D eigenvalue weighted by Gasteiger charge is -1.96. The predicted molar refractivity (Wildman–Crippen MR) is 77.9 cm³/mol. The van der Waals surface area contributed by atoms with E-state index in [1.807, 2.05) is 24.3 Å². The van der Waals surface area contributed by atoms with Crippen LogP contribution in [-0.2, 0) is 12.8 Å². The van der Waals surface area contributed by atoms with Crippen molar-refractivity contribution in [1.29, 1.82) is 0 Å². The molecule has 0 aliphatic heterocycles. The smallest absolute Gasteiger partial charge is 0.195 e. The first-order valence-electron chi connectivity index (χ1n) is 6.67. The van der Waals surface area contributed by atoms with Crippen molar-refractivity contribution in [3.8, 4) is 0 Å². The van der Waals surface area contributed by atoms with Crippen LogP contribution in [0.4, 0.5) is 0 Å². The molecule has 1 aromatic heterocycles. The van der Waals surface area contributed by atoms with E-state index in [0.29, 0.717) is 11.5 Å². The number of oxazole rings is 1. The maximum Gasteiger partial charge on any atom is 0.195 e. The summed E-state index contributed by atoms with van der Waals surface area (Å²) in [5.74, 6) is 0.755. The molecule has 0 spiro atoms. The summed E-state index contributed by atoms with van der Waals surface area (Å²) in [4.78, 5) is 15.8. The van der Waals surface area contributed by atoms with Crippen molar-refractivity contribution in [2.75, 3.05) is 0 Å². The number of carbonyl (C=O) groups is 1. The largest absolute Gasteiger partial charge is 0.441 e. The summed E-state index contributed by atoms with van der Waals surface area (Å²) in [6, 6.07) is 15.6. The average Bonchev–Trinajstić information content (AvgIpc) is 2.88. The molecule has 2 aromatic carbocycles. The zero-order chi connectivity index (χ0) is 13.9. The van der Waals surface area contributed by atoms with Gasteiger partial charge in [0.2, 0.25) is 0 Å². The van der Waals surface area contributed by atoms with Crippen LogP contribution in [0, 0.1) is 0 Å².